The average Bonchev–Trinajstić information content (AvgIpc) is 3.25. The van der Waals surface area contributed by atoms with E-state index in [-0.39, 0.29) is 23.9 Å². The van der Waals surface area contributed by atoms with Gasteiger partial charge in [-0.3, -0.25) is 9.59 Å². The van der Waals surface area contributed by atoms with Crippen LogP contribution in [0.2, 0.25) is 0 Å². The molecule has 0 unspecified atom stereocenters. The van der Waals surface area contributed by atoms with Crippen LogP contribution in [0.5, 0.6) is 0 Å². The molecule has 1 aliphatic heterocycles. The lowest BCUT2D eigenvalue weighted by Crippen LogP contribution is -2.49. The molecule has 1 atom stereocenters. The standard InChI is InChI=1S/C24H28N2O2/c27-23(25-21-13-5-2-6-14-21)22-15-8-16-26(22)24(28)20-12-7-11-19(17-20)18-9-3-1-4-10-18/h1,3-4,7,9-12,17,21-22H,2,5-6,8,13-16H2,(H,25,27)/t22-/m0/s1. The summed E-state index contributed by atoms with van der Waals surface area (Å²) in [7, 11) is 0. The number of nitrogens with one attached hydrogen (secondary N) is 1. The Kier molecular flexibility index (Phi) is 5.75. The van der Waals surface area contributed by atoms with Gasteiger partial charge in [0.25, 0.3) is 5.91 Å². The quantitative estimate of drug-likeness (QED) is 0.859. The van der Waals surface area contributed by atoms with E-state index in [1.807, 2.05) is 54.6 Å². The van der Waals surface area contributed by atoms with Crippen LogP contribution in [0.1, 0.15) is 55.3 Å². The maximum atomic E-state index is 13.2. The van der Waals surface area contributed by atoms with Gasteiger partial charge in [0.2, 0.25) is 5.91 Å². The summed E-state index contributed by atoms with van der Waals surface area (Å²) < 4.78 is 0. The fourth-order valence-corrected chi connectivity index (χ4v) is 4.45. The van der Waals surface area contributed by atoms with Crippen molar-refractivity contribution in [2.24, 2.45) is 0 Å². The minimum Gasteiger partial charge on any atom is -0.352 e. The van der Waals surface area contributed by atoms with E-state index in [0.29, 0.717) is 12.1 Å². The van der Waals surface area contributed by atoms with Crippen molar-refractivity contribution in [3.05, 3.63) is 60.2 Å². The molecular formula is C24H28N2O2. The van der Waals surface area contributed by atoms with Gasteiger partial charge in [0.05, 0.1) is 0 Å². The van der Waals surface area contributed by atoms with Gasteiger partial charge >= 0.3 is 0 Å². The molecule has 0 bridgehead atoms. The Hall–Kier alpha value is -2.62. The highest BCUT2D eigenvalue weighted by molar-refractivity contribution is 5.98. The lowest BCUT2D eigenvalue weighted by Gasteiger charge is -2.28. The van der Waals surface area contributed by atoms with Crippen molar-refractivity contribution in [3.63, 3.8) is 0 Å². The van der Waals surface area contributed by atoms with Gasteiger partial charge in [-0.25, -0.2) is 0 Å². The van der Waals surface area contributed by atoms with E-state index in [4.69, 9.17) is 0 Å². The molecule has 4 heteroatoms. The smallest absolute Gasteiger partial charge is 0.254 e. The number of hydrogen-bond acceptors (Lipinski definition) is 2. The Bertz CT molecular complexity index is 828. The molecule has 2 fully saturated rings. The van der Waals surface area contributed by atoms with Gasteiger partial charge in [0, 0.05) is 18.2 Å². The molecule has 1 aliphatic carbocycles. The molecule has 2 amide bonds. The average molecular weight is 377 g/mol. The van der Waals surface area contributed by atoms with Crippen LogP contribution in [-0.4, -0.2) is 35.3 Å². The number of carbonyl (C=O) groups is 2. The molecule has 146 valence electrons. The number of carbonyl (C=O) groups excluding carboxylic acids is 2. The lowest BCUT2D eigenvalue weighted by atomic mass is 9.95. The van der Waals surface area contributed by atoms with Crippen molar-refractivity contribution in [3.8, 4) is 11.1 Å². The Morgan fingerprint density at radius 1 is 0.821 bits per heavy atom. The third-order valence-corrected chi connectivity index (χ3v) is 5.98. The Morgan fingerprint density at radius 2 is 1.57 bits per heavy atom. The number of hydrogen-bond donors (Lipinski definition) is 1. The molecule has 1 N–H and O–H groups in total. The molecule has 4 nitrogen and oxygen atoms in total. The molecule has 0 spiro atoms. The first-order chi connectivity index (χ1) is 13.7. The fraction of sp³-hybridized carbons (Fsp3) is 0.417. The lowest BCUT2D eigenvalue weighted by molar-refractivity contribution is -0.125. The summed E-state index contributed by atoms with van der Waals surface area (Å²) in [4.78, 5) is 27.8. The highest BCUT2D eigenvalue weighted by atomic mass is 16.2. The maximum Gasteiger partial charge on any atom is 0.254 e. The van der Waals surface area contributed by atoms with Crippen LogP contribution in [-0.2, 0) is 4.79 Å². The Balaban J connectivity index is 1.48. The number of likely N-dealkylation sites (tertiary alicyclic amines) is 1. The minimum atomic E-state index is -0.338. The summed E-state index contributed by atoms with van der Waals surface area (Å²) in [6.45, 7) is 0.650. The van der Waals surface area contributed by atoms with Crippen molar-refractivity contribution < 1.29 is 9.59 Å². The summed E-state index contributed by atoms with van der Waals surface area (Å²) in [5.74, 6) is -0.0176. The highest BCUT2D eigenvalue weighted by Gasteiger charge is 2.35. The molecule has 4 rings (SSSR count). The summed E-state index contributed by atoms with van der Waals surface area (Å²) in [6.07, 6.45) is 7.39. The van der Waals surface area contributed by atoms with Gasteiger partial charge in [-0.05, 0) is 48.9 Å². The topological polar surface area (TPSA) is 49.4 Å². The number of benzene rings is 2. The molecule has 2 aromatic carbocycles. The summed E-state index contributed by atoms with van der Waals surface area (Å²) >= 11 is 0. The van der Waals surface area contributed by atoms with E-state index in [9.17, 15) is 9.59 Å². The van der Waals surface area contributed by atoms with E-state index in [2.05, 4.69) is 5.32 Å². The second-order valence-corrected chi connectivity index (χ2v) is 7.95. The van der Waals surface area contributed by atoms with Crippen LogP contribution in [0.4, 0.5) is 0 Å². The summed E-state index contributed by atoms with van der Waals surface area (Å²) in [6, 6.07) is 17.7. The van der Waals surface area contributed by atoms with Gasteiger partial charge in [0.1, 0.15) is 6.04 Å². The van der Waals surface area contributed by atoms with Crippen LogP contribution in [0.3, 0.4) is 0 Å². The predicted molar refractivity (Wildman–Crippen MR) is 111 cm³/mol. The van der Waals surface area contributed by atoms with Gasteiger partial charge in [-0.1, -0.05) is 61.7 Å². The molecule has 0 radical (unpaired) electrons. The molecule has 2 aromatic rings. The third kappa shape index (κ3) is 4.11. The third-order valence-electron chi connectivity index (χ3n) is 5.98. The number of rotatable bonds is 4. The zero-order valence-corrected chi connectivity index (χ0v) is 16.3. The molecule has 2 aliphatic rings. The number of nitrogens with zero attached hydrogens (tertiary/aromatic N) is 1. The van der Waals surface area contributed by atoms with E-state index in [1.54, 1.807) is 4.90 Å². The van der Waals surface area contributed by atoms with Crippen LogP contribution in [0.15, 0.2) is 54.6 Å². The van der Waals surface area contributed by atoms with E-state index < -0.39 is 0 Å². The first-order valence-electron chi connectivity index (χ1n) is 10.5. The predicted octanol–water partition coefficient (Wildman–Crippen LogP) is 4.41. The zero-order chi connectivity index (χ0) is 19.3. The normalized spacial score (nSPS) is 20.1. The molecule has 1 saturated carbocycles. The van der Waals surface area contributed by atoms with Crippen LogP contribution in [0, 0.1) is 0 Å². The van der Waals surface area contributed by atoms with Crippen molar-refractivity contribution in [2.45, 2.75) is 57.0 Å². The van der Waals surface area contributed by atoms with E-state index in [1.165, 1.54) is 19.3 Å². The van der Waals surface area contributed by atoms with Crippen LogP contribution >= 0.6 is 0 Å². The van der Waals surface area contributed by atoms with Crippen LogP contribution < -0.4 is 5.32 Å². The van der Waals surface area contributed by atoms with Crippen molar-refractivity contribution >= 4 is 11.8 Å². The van der Waals surface area contributed by atoms with Crippen molar-refractivity contribution in [2.75, 3.05) is 6.54 Å². The first kappa shape index (κ1) is 18.7. The van der Waals surface area contributed by atoms with E-state index in [0.717, 1.165) is 36.8 Å². The molecule has 1 saturated heterocycles. The Morgan fingerprint density at radius 3 is 2.36 bits per heavy atom. The number of amides is 2. The minimum absolute atomic E-state index is 0.0250. The second-order valence-electron chi connectivity index (χ2n) is 7.95. The molecule has 1 heterocycles. The van der Waals surface area contributed by atoms with Gasteiger partial charge < -0.3 is 10.2 Å². The molecule has 0 aromatic heterocycles. The first-order valence-corrected chi connectivity index (χ1v) is 10.5. The van der Waals surface area contributed by atoms with Crippen molar-refractivity contribution in [1.29, 1.82) is 0 Å². The largest absolute Gasteiger partial charge is 0.352 e. The van der Waals surface area contributed by atoms with E-state index >= 15 is 0 Å². The monoisotopic (exact) mass is 376 g/mol. The SMILES string of the molecule is O=C(NC1CCCCC1)[C@@H]1CCCN1C(=O)c1cccc(-c2ccccc2)c1. The van der Waals surface area contributed by atoms with Gasteiger partial charge in [-0.2, -0.15) is 0 Å². The summed E-state index contributed by atoms with van der Waals surface area (Å²) in [5.41, 5.74) is 2.76. The second kappa shape index (κ2) is 8.59. The molecular weight excluding hydrogens is 348 g/mol. The fourth-order valence-electron chi connectivity index (χ4n) is 4.45. The Labute approximate surface area is 166 Å². The van der Waals surface area contributed by atoms with Gasteiger partial charge in [-0.15, -0.1) is 0 Å². The molecule has 28 heavy (non-hydrogen) atoms. The van der Waals surface area contributed by atoms with Gasteiger partial charge in [0.15, 0.2) is 0 Å². The van der Waals surface area contributed by atoms with Crippen LogP contribution in [0.25, 0.3) is 11.1 Å². The highest BCUT2D eigenvalue weighted by Crippen LogP contribution is 2.25. The maximum absolute atomic E-state index is 13.2. The van der Waals surface area contributed by atoms with Crippen molar-refractivity contribution in [1.82, 2.24) is 10.2 Å². The zero-order valence-electron chi connectivity index (χ0n) is 16.3. The summed E-state index contributed by atoms with van der Waals surface area (Å²) in [5, 5.41) is 3.20.